The van der Waals surface area contributed by atoms with Gasteiger partial charge in [0.25, 0.3) is 0 Å². The third-order valence-electron chi connectivity index (χ3n) is 1.69. The second kappa shape index (κ2) is 6.67. The highest BCUT2D eigenvalue weighted by Crippen LogP contribution is 2.06. The fraction of sp³-hybridized carbons (Fsp3) is 0.909. The summed E-state index contributed by atoms with van der Waals surface area (Å²) in [5, 5.41) is 6.00. The van der Waals surface area contributed by atoms with E-state index < -0.39 is 5.60 Å². The van der Waals surface area contributed by atoms with Crippen LogP contribution < -0.4 is 10.6 Å². The van der Waals surface area contributed by atoms with E-state index in [1.807, 2.05) is 27.7 Å². The molecule has 0 aliphatic rings. The number of hydrogen-bond acceptors (Lipinski definition) is 3. The number of carbonyl (C=O) groups is 1. The highest BCUT2D eigenvalue weighted by Gasteiger charge is 2.16. The summed E-state index contributed by atoms with van der Waals surface area (Å²) in [7, 11) is 0. The maximum Gasteiger partial charge on any atom is 0.407 e. The van der Waals surface area contributed by atoms with Gasteiger partial charge in [-0.3, -0.25) is 0 Å². The average molecular weight is 216 g/mol. The highest BCUT2D eigenvalue weighted by molar-refractivity contribution is 5.67. The molecule has 0 spiro atoms. The summed E-state index contributed by atoms with van der Waals surface area (Å²) < 4.78 is 5.11. The van der Waals surface area contributed by atoms with E-state index >= 15 is 0 Å². The summed E-state index contributed by atoms with van der Waals surface area (Å²) in [5.41, 5.74) is -0.426. The molecule has 0 heterocycles. The Balaban J connectivity index is 3.62. The SMILES string of the molecule is CCCNC(C)CNC(=O)OC(C)(C)C. The largest absolute Gasteiger partial charge is 0.444 e. The molecule has 0 aromatic heterocycles. The van der Waals surface area contributed by atoms with Gasteiger partial charge in [-0.15, -0.1) is 0 Å². The molecule has 15 heavy (non-hydrogen) atoms. The molecule has 4 nitrogen and oxygen atoms in total. The minimum absolute atomic E-state index is 0.275. The van der Waals surface area contributed by atoms with Crippen molar-refractivity contribution in [1.82, 2.24) is 10.6 Å². The quantitative estimate of drug-likeness (QED) is 0.738. The van der Waals surface area contributed by atoms with Gasteiger partial charge >= 0.3 is 6.09 Å². The number of amides is 1. The lowest BCUT2D eigenvalue weighted by Gasteiger charge is -2.21. The van der Waals surface area contributed by atoms with Gasteiger partial charge in [-0.25, -0.2) is 4.79 Å². The van der Waals surface area contributed by atoms with Gasteiger partial charge in [0.2, 0.25) is 0 Å². The Morgan fingerprint density at radius 3 is 2.47 bits per heavy atom. The molecule has 4 heteroatoms. The van der Waals surface area contributed by atoms with Gasteiger partial charge in [-0.1, -0.05) is 6.92 Å². The van der Waals surface area contributed by atoms with Crippen LogP contribution in [0, 0.1) is 0 Å². The number of ether oxygens (including phenoxy) is 1. The standard InChI is InChI=1S/C11H24N2O2/c1-6-7-12-9(2)8-13-10(14)15-11(3,4)5/h9,12H,6-8H2,1-5H3,(H,13,14). The summed E-state index contributed by atoms with van der Waals surface area (Å²) in [6, 6.07) is 0.275. The van der Waals surface area contributed by atoms with Gasteiger partial charge in [-0.2, -0.15) is 0 Å². The highest BCUT2D eigenvalue weighted by atomic mass is 16.6. The van der Waals surface area contributed by atoms with Crippen LogP contribution >= 0.6 is 0 Å². The van der Waals surface area contributed by atoms with Gasteiger partial charge in [0, 0.05) is 12.6 Å². The first-order valence-electron chi connectivity index (χ1n) is 5.55. The van der Waals surface area contributed by atoms with Crippen molar-refractivity contribution in [3.8, 4) is 0 Å². The molecule has 1 unspecified atom stereocenters. The molecule has 0 radical (unpaired) electrons. The average Bonchev–Trinajstić information content (AvgIpc) is 2.08. The lowest BCUT2D eigenvalue weighted by atomic mass is 10.2. The molecule has 0 aromatic rings. The Morgan fingerprint density at radius 1 is 1.40 bits per heavy atom. The first-order valence-corrected chi connectivity index (χ1v) is 5.55. The maximum atomic E-state index is 11.3. The van der Waals surface area contributed by atoms with Gasteiger partial charge in [0.05, 0.1) is 0 Å². The molecule has 90 valence electrons. The number of carbonyl (C=O) groups excluding carboxylic acids is 1. The predicted octanol–water partition coefficient (Wildman–Crippen LogP) is 1.90. The van der Waals surface area contributed by atoms with Gasteiger partial charge in [-0.05, 0) is 40.7 Å². The Hall–Kier alpha value is -0.770. The van der Waals surface area contributed by atoms with Crippen LogP contribution in [0.25, 0.3) is 0 Å². The summed E-state index contributed by atoms with van der Waals surface area (Å²) >= 11 is 0. The van der Waals surface area contributed by atoms with Crippen LogP contribution in [-0.2, 0) is 4.74 Å². The topological polar surface area (TPSA) is 50.4 Å². The van der Waals surface area contributed by atoms with Gasteiger partial charge in [0.15, 0.2) is 0 Å². The maximum absolute atomic E-state index is 11.3. The second-order valence-corrected chi connectivity index (χ2v) is 4.74. The summed E-state index contributed by atoms with van der Waals surface area (Å²) in [5.74, 6) is 0. The lowest BCUT2D eigenvalue weighted by Crippen LogP contribution is -2.41. The molecular formula is C11H24N2O2. The summed E-state index contributed by atoms with van der Waals surface area (Å²) in [4.78, 5) is 11.3. The number of alkyl carbamates (subject to hydrolysis) is 1. The van der Waals surface area contributed by atoms with Crippen LogP contribution in [0.5, 0.6) is 0 Å². The van der Waals surface area contributed by atoms with E-state index in [2.05, 4.69) is 17.6 Å². The normalized spacial score (nSPS) is 13.4. The van der Waals surface area contributed by atoms with Crippen molar-refractivity contribution < 1.29 is 9.53 Å². The molecule has 0 aromatic carbocycles. The van der Waals surface area contributed by atoms with E-state index in [4.69, 9.17) is 4.74 Å². The van der Waals surface area contributed by atoms with E-state index in [0.29, 0.717) is 6.54 Å². The van der Waals surface area contributed by atoms with E-state index in [1.165, 1.54) is 0 Å². The van der Waals surface area contributed by atoms with Crippen molar-refractivity contribution in [3.63, 3.8) is 0 Å². The summed E-state index contributed by atoms with van der Waals surface area (Å²) in [6.07, 6.45) is 0.740. The molecule has 0 aliphatic carbocycles. The fourth-order valence-corrected chi connectivity index (χ4v) is 1.01. The van der Waals surface area contributed by atoms with Crippen molar-refractivity contribution in [2.75, 3.05) is 13.1 Å². The van der Waals surface area contributed by atoms with Gasteiger partial charge in [0.1, 0.15) is 5.60 Å². The zero-order valence-corrected chi connectivity index (χ0v) is 10.5. The Labute approximate surface area is 92.8 Å². The van der Waals surface area contributed by atoms with E-state index in [0.717, 1.165) is 13.0 Å². The van der Waals surface area contributed by atoms with Crippen LogP contribution in [0.2, 0.25) is 0 Å². The molecular weight excluding hydrogens is 192 g/mol. The smallest absolute Gasteiger partial charge is 0.407 e. The van der Waals surface area contributed by atoms with Crippen molar-refractivity contribution in [1.29, 1.82) is 0 Å². The number of hydrogen-bond donors (Lipinski definition) is 2. The van der Waals surface area contributed by atoms with Crippen LogP contribution in [-0.4, -0.2) is 30.8 Å². The van der Waals surface area contributed by atoms with Crippen molar-refractivity contribution in [2.24, 2.45) is 0 Å². The van der Waals surface area contributed by atoms with Crippen molar-refractivity contribution in [3.05, 3.63) is 0 Å². The Morgan fingerprint density at radius 2 is 2.00 bits per heavy atom. The molecule has 1 atom stereocenters. The van der Waals surface area contributed by atoms with Crippen LogP contribution in [0.1, 0.15) is 41.0 Å². The van der Waals surface area contributed by atoms with E-state index in [9.17, 15) is 4.79 Å². The van der Waals surface area contributed by atoms with Gasteiger partial charge < -0.3 is 15.4 Å². The minimum atomic E-state index is -0.426. The Kier molecular flexibility index (Phi) is 6.32. The first kappa shape index (κ1) is 14.2. The zero-order valence-electron chi connectivity index (χ0n) is 10.5. The molecule has 0 rings (SSSR count). The second-order valence-electron chi connectivity index (χ2n) is 4.74. The predicted molar refractivity (Wildman–Crippen MR) is 62.0 cm³/mol. The molecule has 0 bridgehead atoms. The number of rotatable bonds is 5. The van der Waals surface area contributed by atoms with E-state index in [1.54, 1.807) is 0 Å². The van der Waals surface area contributed by atoms with Crippen molar-refractivity contribution in [2.45, 2.75) is 52.7 Å². The molecule has 0 aliphatic heterocycles. The molecule has 0 fully saturated rings. The molecule has 0 saturated heterocycles. The van der Waals surface area contributed by atoms with Crippen molar-refractivity contribution >= 4 is 6.09 Å². The fourth-order valence-electron chi connectivity index (χ4n) is 1.01. The minimum Gasteiger partial charge on any atom is -0.444 e. The third kappa shape index (κ3) is 9.53. The third-order valence-corrected chi connectivity index (χ3v) is 1.69. The van der Waals surface area contributed by atoms with E-state index in [-0.39, 0.29) is 12.1 Å². The zero-order chi connectivity index (χ0) is 11.9. The molecule has 0 saturated carbocycles. The van der Waals surface area contributed by atoms with Crippen LogP contribution in [0.4, 0.5) is 4.79 Å². The van der Waals surface area contributed by atoms with Crippen LogP contribution in [0.15, 0.2) is 0 Å². The lowest BCUT2D eigenvalue weighted by molar-refractivity contribution is 0.0523. The monoisotopic (exact) mass is 216 g/mol. The molecule has 2 N–H and O–H groups in total. The molecule has 1 amide bonds. The first-order chi connectivity index (χ1) is 6.85. The number of nitrogens with one attached hydrogen (secondary N) is 2. The summed E-state index contributed by atoms with van der Waals surface area (Å²) in [6.45, 7) is 11.3. The Bertz CT molecular complexity index is 188. The van der Waals surface area contributed by atoms with Crippen LogP contribution in [0.3, 0.4) is 0 Å².